The first kappa shape index (κ1) is 26.2. The van der Waals surface area contributed by atoms with Crippen LogP contribution in [0.1, 0.15) is 76.7 Å². The van der Waals surface area contributed by atoms with E-state index >= 15 is 0 Å². The van der Waals surface area contributed by atoms with E-state index in [0.29, 0.717) is 12.8 Å². The van der Waals surface area contributed by atoms with Crippen molar-refractivity contribution in [3.05, 3.63) is 63.9 Å². The number of nitrogens with one attached hydrogen (secondary N) is 1. The number of aliphatic hydroxyl groups is 1. The Morgan fingerprint density at radius 1 is 1.11 bits per heavy atom. The lowest BCUT2D eigenvalue weighted by atomic mass is 9.71. The van der Waals surface area contributed by atoms with E-state index in [4.69, 9.17) is 4.74 Å². The van der Waals surface area contributed by atoms with Crippen LogP contribution in [0.4, 0.5) is 0 Å². The maximum atomic E-state index is 14.1. The van der Waals surface area contributed by atoms with Gasteiger partial charge in [0, 0.05) is 29.2 Å². The van der Waals surface area contributed by atoms with Crippen molar-refractivity contribution in [2.24, 2.45) is 11.3 Å². The van der Waals surface area contributed by atoms with Gasteiger partial charge in [-0.15, -0.1) is 0 Å². The Morgan fingerprint density at radius 3 is 2.49 bits per heavy atom. The molecule has 0 saturated heterocycles. The Hall–Kier alpha value is -3.85. The molecule has 37 heavy (non-hydrogen) atoms. The Bertz CT molecular complexity index is 1330. The Labute approximate surface area is 213 Å². The molecule has 9 nitrogen and oxygen atoms in total. The highest BCUT2D eigenvalue weighted by atomic mass is 16.6. The highest BCUT2D eigenvalue weighted by Gasteiger charge is 2.50. The SMILES string of the molecule is CC[C@@H]1/C=C/[C@H](O)[C@H](C)OC(=O)[C@@]2(C)C=CC(=O)NC3=C2C(=O)c2c(cc(C)c(O)c2C(=O)CC1)C3=O. The van der Waals surface area contributed by atoms with E-state index in [1.807, 2.05) is 6.92 Å². The Kier molecular flexibility index (Phi) is 6.77. The van der Waals surface area contributed by atoms with Crippen molar-refractivity contribution in [3.8, 4) is 5.75 Å². The zero-order valence-electron chi connectivity index (χ0n) is 21.1. The zero-order chi connectivity index (χ0) is 27.2. The summed E-state index contributed by atoms with van der Waals surface area (Å²) in [4.78, 5) is 67.1. The minimum absolute atomic E-state index is 0.0331. The largest absolute Gasteiger partial charge is 0.507 e. The summed E-state index contributed by atoms with van der Waals surface area (Å²) in [5, 5.41) is 23.9. The maximum Gasteiger partial charge on any atom is 0.320 e. The van der Waals surface area contributed by atoms with Crippen molar-refractivity contribution >= 4 is 29.2 Å². The van der Waals surface area contributed by atoms with Gasteiger partial charge in [0.05, 0.1) is 11.3 Å². The van der Waals surface area contributed by atoms with Crippen molar-refractivity contribution < 1.29 is 38.9 Å². The predicted octanol–water partition coefficient (Wildman–Crippen LogP) is 2.88. The van der Waals surface area contributed by atoms with Gasteiger partial charge in [0.25, 0.3) is 0 Å². The topological polar surface area (TPSA) is 147 Å². The van der Waals surface area contributed by atoms with E-state index in [0.717, 1.165) is 6.08 Å². The van der Waals surface area contributed by atoms with Gasteiger partial charge < -0.3 is 20.3 Å². The van der Waals surface area contributed by atoms with E-state index < -0.39 is 52.6 Å². The molecule has 9 heteroatoms. The van der Waals surface area contributed by atoms with E-state index in [-0.39, 0.29) is 45.9 Å². The number of ether oxygens (including phenoxy) is 1. The summed E-state index contributed by atoms with van der Waals surface area (Å²) in [6, 6.07) is 1.30. The van der Waals surface area contributed by atoms with Crippen LogP contribution in [0, 0.1) is 18.3 Å². The van der Waals surface area contributed by atoms with Crippen molar-refractivity contribution in [2.45, 2.75) is 59.2 Å². The number of aryl methyl sites for hydroxylation is 1. The van der Waals surface area contributed by atoms with Gasteiger partial charge >= 0.3 is 5.97 Å². The first-order chi connectivity index (χ1) is 17.4. The minimum atomic E-state index is -1.91. The van der Waals surface area contributed by atoms with Gasteiger partial charge in [-0.2, -0.15) is 0 Å². The molecule has 1 aromatic carbocycles. The fourth-order valence-corrected chi connectivity index (χ4v) is 4.92. The number of hydrogen-bond donors (Lipinski definition) is 3. The van der Waals surface area contributed by atoms with Crippen LogP contribution >= 0.6 is 0 Å². The number of esters is 1. The number of aliphatic hydroxyl groups excluding tert-OH is 1. The average Bonchev–Trinajstić information content (AvgIpc) is 2.99. The quantitative estimate of drug-likeness (QED) is 0.388. The number of phenols is 1. The number of cyclic esters (lactones) is 1. The molecule has 0 aromatic heterocycles. The van der Waals surface area contributed by atoms with Crippen molar-refractivity contribution in [1.29, 1.82) is 0 Å². The monoisotopic (exact) mass is 507 g/mol. The van der Waals surface area contributed by atoms with Gasteiger partial charge in [0.15, 0.2) is 11.6 Å². The Morgan fingerprint density at radius 2 is 1.81 bits per heavy atom. The van der Waals surface area contributed by atoms with Crippen molar-refractivity contribution in [2.75, 3.05) is 0 Å². The molecule has 2 bridgehead atoms. The van der Waals surface area contributed by atoms with E-state index in [9.17, 15) is 34.2 Å². The van der Waals surface area contributed by atoms with Crippen LogP contribution in [0.25, 0.3) is 0 Å². The summed E-state index contributed by atoms with van der Waals surface area (Å²) in [5.74, 6) is -4.35. The lowest BCUT2D eigenvalue weighted by Gasteiger charge is -2.32. The number of allylic oxidation sites excluding steroid dienone is 2. The standard InChI is InChI=1S/C28H29NO8/c1-5-15-6-8-17(30)14(3)37-27(36)28(4)11-10-19(32)29-23-22(28)26(35)20-16(25(23)34)12-13(2)24(33)21(20)18(31)9-7-15/h6,8,10-12,14-15,17,30,33H,5,7,9H2,1-4H3,(H,29,32)/b8-6+/t14-,15+,17-,28-/m0/s1. The fourth-order valence-electron chi connectivity index (χ4n) is 4.92. The third-order valence-corrected chi connectivity index (χ3v) is 7.33. The van der Waals surface area contributed by atoms with Gasteiger partial charge in [0.2, 0.25) is 11.7 Å². The average molecular weight is 508 g/mol. The minimum Gasteiger partial charge on any atom is -0.507 e. The number of ketones is 3. The van der Waals surface area contributed by atoms with Crippen LogP contribution in [0.5, 0.6) is 5.75 Å². The summed E-state index contributed by atoms with van der Waals surface area (Å²) in [6.07, 6.45) is 4.22. The molecule has 2 aliphatic heterocycles. The predicted molar refractivity (Wildman–Crippen MR) is 132 cm³/mol. The van der Waals surface area contributed by atoms with Gasteiger partial charge in [-0.05, 0) is 51.2 Å². The normalized spacial score (nSPS) is 29.2. The molecule has 0 spiro atoms. The maximum absolute atomic E-state index is 14.1. The molecule has 3 aliphatic rings. The summed E-state index contributed by atoms with van der Waals surface area (Å²) in [7, 11) is 0. The molecule has 0 radical (unpaired) electrons. The first-order valence-electron chi connectivity index (χ1n) is 12.2. The molecule has 1 aliphatic carbocycles. The van der Waals surface area contributed by atoms with Gasteiger partial charge in [-0.25, -0.2) is 0 Å². The molecule has 1 aromatic rings. The summed E-state index contributed by atoms with van der Waals surface area (Å²) in [5.41, 5.74) is -3.17. The zero-order valence-corrected chi connectivity index (χ0v) is 21.1. The second kappa shape index (κ2) is 9.55. The molecule has 3 N–H and O–H groups in total. The van der Waals surface area contributed by atoms with Gasteiger partial charge in [-0.1, -0.05) is 25.2 Å². The first-order valence-corrected chi connectivity index (χ1v) is 12.2. The lowest BCUT2D eigenvalue weighted by Crippen LogP contribution is -2.42. The highest BCUT2D eigenvalue weighted by molar-refractivity contribution is 6.32. The van der Waals surface area contributed by atoms with Crippen LogP contribution in [-0.2, 0) is 14.3 Å². The number of phenolic OH excluding ortho intramolecular Hbond substituents is 1. The molecule has 0 saturated carbocycles. The highest BCUT2D eigenvalue weighted by Crippen LogP contribution is 2.44. The molecule has 194 valence electrons. The van der Waals surface area contributed by atoms with Crippen LogP contribution in [0.3, 0.4) is 0 Å². The molecule has 4 rings (SSSR count). The number of hydrogen-bond acceptors (Lipinski definition) is 8. The van der Waals surface area contributed by atoms with Crippen LogP contribution in [0.2, 0.25) is 0 Å². The second-order valence-corrected chi connectivity index (χ2v) is 9.89. The Balaban J connectivity index is 2.02. The number of Topliss-reactive ketones (excluding diaryl/α,β-unsaturated/α-hetero) is 3. The third kappa shape index (κ3) is 4.33. The van der Waals surface area contributed by atoms with Crippen LogP contribution < -0.4 is 5.32 Å². The molecule has 4 atom stereocenters. The summed E-state index contributed by atoms with van der Waals surface area (Å²) >= 11 is 0. The molecular weight excluding hydrogens is 478 g/mol. The van der Waals surface area contributed by atoms with Gasteiger partial charge in [-0.3, -0.25) is 24.0 Å². The fraction of sp³-hybridized carbons (Fsp3) is 0.393. The molecule has 0 unspecified atom stereocenters. The summed E-state index contributed by atoms with van der Waals surface area (Å²) in [6.45, 7) is 6.24. The van der Waals surface area contributed by atoms with Crippen molar-refractivity contribution in [1.82, 2.24) is 5.32 Å². The van der Waals surface area contributed by atoms with Gasteiger partial charge in [0.1, 0.15) is 23.4 Å². The molecule has 0 fully saturated rings. The third-order valence-electron chi connectivity index (χ3n) is 7.33. The summed E-state index contributed by atoms with van der Waals surface area (Å²) < 4.78 is 5.53. The smallest absolute Gasteiger partial charge is 0.320 e. The molecule has 2 heterocycles. The number of carbonyl (C=O) groups is 5. The van der Waals surface area contributed by atoms with E-state index in [2.05, 4.69) is 5.32 Å². The number of aromatic hydroxyl groups is 1. The number of rotatable bonds is 1. The number of amides is 1. The van der Waals surface area contributed by atoms with Crippen LogP contribution in [0.15, 0.2) is 41.6 Å². The molecule has 1 amide bonds. The van der Waals surface area contributed by atoms with Crippen molar-refractivity contribution in [3.63, 3.8) is 0 Å². The van der Waals surface area contributed by atoms with E-state index in [1.54, 1.807) is 6.08 Å². The second-order valence-electron chi connectivity index (χ2n) is 9.89. The molecular formula is C28H29NO8. The lowest BCUT2D eigenvalue weighted by molar-refractivity contribution is -0.158. The van der Waals surface area contributed by atoms with Crippen LogP contribution in [-0.4, -0.2) is 51.6 Å². The number of benzene rings is 1. The van der Waals surface area contributed by atoms with E-state index in [1.165, 1.54) is 39.0 Å². The number of carbonyl (C=O) groups excluding carboxylic acids is 5.